The Hall–Kier alpha value is -2.31. The van der Waals surface area contributed by atoms with E-state index in [0.29, 0.717) is 0 Å². The maximum Gasteiger partial charge on any atom is 0.268 e. The Bertz CT molecular complexity index is 438. The van der Waals surface area contributed by atoms with Gasteiger partial charge in [-0.15, -0.1) is 0 Å². The second kappa shape index (κ2) is 4.80. The molecular formula is C8H10N4O3. The highest BCUT2D eigenvalue weighted by atomic mass is 16.4. The van der Waals surface area contributed by atoms with Gasteiger partial charge in [0.2, 0.25) is 5.56 Å². The standard InChI is InChI=1S/C8H10N4O3/c9-6(12-15)4-10-8(14)5-2-1-3-7(13)11-5/h1-3,15H,4H2,(H2,9,12)(H,10,14)(H,11,13). The summed E-state index contributed by atoms with van der Waals surface area (Å²) in [5.74, 6) is -0.624. The molecule has 0 aliphatic rings. The minimum Gasteiger partial charge on any atom is -0.409 e. The Kier molecular flexibility index (Phi) is 3.44. The van der Waals surface area contributed by atoms with E-state index in [2.05, 4.69) is 15.5 Å². The zero-order valence-corrected chi connectivity index (χ0v) is 7.73. The Morgan fingerprint density at radius 3 is 2.93 bits per heavy atom. The van der Waals surface area contributed by atoms with Gasteiger partial charge >= 0.3 is 0 Å². The lowest BCUT2D eigenvalue weighted by Crippen LogP contribution is -2.34. The molecule has 0 aliphatic heterocycles. The number of carbonyl (C=O) groups is 1. The van der Waals surface area contributed by atoms with E-state index in [9.17, 15) is 9.59 Å². The number of nitrogens with one attached hydrogen (secondary N) is 2. The largest absolute Gasteiger partial charge is 0.409 e. The summed E-state index contributed by atoms with van der Waals surface area (Å²) < 4.78 is 0. The van der Waals surface area contributed by atoms with E-state index in [1.807, 2.05) is 0 Å². The number of nitrogens with zero attached hydrogens (tertiary/aromatic N) is 1. The number of amides is 1. The van der Waals surface area contributed by atoms with Gasteiger partial charge in [0.1, 0.15) is 5.69 Å². The normalized spacial score (nSPS) is 11.1. The fourth-order valence-corrected chi connectivity index (χ4v) is 0.882. The number of amidine groups is 1. The van der Waals surface area contributed by atoms with Gasteiger partial charge in [0.25, 0.3) is 5.91 Å². The first-order valence-electron chi connectivity index (χ1n) is 4.07. The predicted molar refractivity (Wildman–Crippen MR) is 52.8 cm³/mol. The maximum atomic E-state index is 11.3. The molecule has 0 aliphatic carbocycles. The first-order valence-corrected chi connectivity index (χ1v) is 4.07. The first kappa shape index (κ1) is 10.8. The molecule has 0 saturated carbocycles. The van der Waals surface area contributed by atoms with Gasteiger partial charge in [-0.2, -0.15) is 0 Å². The van der Waals surface area contributed by atoms with E-state index in [4.69, 9.17) is 10.9 Å². The minimum atomic E-state index is -0.501. The topological polar surface area (TPSA) is 121 Å². The number of carbonyl (C=O) groups excluding carboxylic acids is 1. The molecule has 1 amide bonds. The van der Waals surface area contributed by atoms with Crippen LogP contribution in [-0.2, 0) is 0 Å². The van der Waals surface area contributed by atoms with Gasteiger partial charge in [0, 0.05) is 6.07 Å². The van der Waals surface area contributed by atoms with Crippen molar-refractivity contribution in [2.45, 2.75) is 0 Å². The summed E-state index contributed by atoms with van der Waals surface area (Å²) in [5, 5.41) is 13.2. The molecule has 80 valence electrons. The highest BCUT2D eigenvalue weighted by Gasteiger charge is 2.05. The van der Waals surface area contributed by atoms with Crippen molar-refractivity contribution in [3.8, 4) is 0 Å². The van der Waals surface area contributed by atoms with Crippen LogP contribution in [0.4, 0.5) is 0 Å². The summed E-state index contributed by atoms with van der Waals surface area (Å²) in [4.78, 5) is 24.5. The van der Waals surface area contributed by atoms with E-state index >= 15 is 0 Å². The number of H-pyrrole nitrogens is 1. The number of hydrogen-bond donors (Lipinski definition) is 4. The molecule has 7 heteroatoms. The van der Waals surface area contributed by atoms with Gasteiger partial charge in [-0.1, -0.05) is 11.2 Å². The molecule has 1 rings (SSSR count). The molecule has 0 radical (unpaired) electrons. The molecule has 0 bridgehead atoms. The molecule has 1 heterocycles. The van der Waals surface area contributed by atoms with E-state index in [1.54, 1.807) is 0 Å². The van der Waals surface area contributed by atoms with Crippen LogP contribution in [0.25, 0.3) is 0 Å². The third kappa shape index (κ3) is 3.14. The summed E-state index contributed by atoms with van der Waals surface area (Å²) in [5.41, 5.74) is 4.89. The molecule has 5 N–H and O–H groups in total. The molecule has 15 heavy (non-hydrogen) atoms. The van der Waals surface area contributed by atoms with Crippen molar-refractivity contribution >= 4 is 11.7 Å². The van der Waals surface area contributed by atoms with Crippen molar-refractivity contribution in [2.24, 2.45) is 10.9 Å². The fraction of sp³-hybridized carbons (Fsp3) is 0.125. The number of oxime groups is 1. The second-order valence-electron chi connectivity index (χ2n) is 2.70. The average Bonchev–Trinajstić information content (AvgIpc) is 2.25. The first-order chi connectivity index (χ1) is 7.13. The van der Waals surface area contributed by atoms with Crippen LogP contribution in [0.1, 0.15) is 10.5 Å². The SMILES string of the molecule is N/C(CNC(=O)c1cccc(=O)[nH]1)=N/O. The molecular weight excluding hydrogens is 200 g/mol. The molecule has 0 fully saturated rings. The number of aromatic nitrogens is 1. The summed E-state index contributed by atoms with van der Waals surface area (Å²) in [6.07, 6.45) is 0. The highest BCUT2D eigenvalue weighted by Crippen LogP contribution is 1.88. The molecule has 0 saturated heterocycles. The van der Waals surface area contributed by atoms with Gasteiger partial charge in [-0.3, -0.25) is 9.59 Å². The zero-order chi connectivity index (χ0) is 11.3. The number of pyridine rings is 1. The molecule has 0 spiro atoms. The molecule has 7 nitrogen and oxygen atoms in total. The summed E-state index contributed by atoms with van der Waals surface area (Å²) in [6, 6.07) is 4.20. The van der Waals surface area contributed by atoms with E-state index in [-0.39, 0.29) is 23.6 Å². The van der Waals surface area contributed by atoms with Crippen LogP contribution in [0.15, 0.2) is 28.1 Å². The molecule has 1 aromatic rings. The van der Waals surface area contributed by atoms with Crippen molar-refractivity contribution in [1.29, 1.82) is 0 Å². The zero-order valence-electron chi connectivity index (χ0n) is 7.73. The Balaban J connectivity index is 2.66. The Morgan fingerprint density at radius 1 is 1.60 bits per heavy atom. The van der Waals surface area contributed by atoms with Crippen molar-refractivity contribution < 1.29 is 10.0 Å². The van der Waals surface area contributed by atoms with Gasteiger partial charge < -0.3 is 21.2 Å². The number of hydrogen-bond acceptors (Lipinski definition) is 4. The number of rotatable bonds is 3. The van der Waals surface area contributed by atoms with E-state index in [0.717, 1.165) is 0 Å². The molecule has 0 unspecified atom stereocenters. The molecule has 0 atom stereocenters. The van der Waals surface area contributed by atoms with Crippen LogP contribution in [0, 0.1) is 0 Å². The summed E-state index contributed by atoms with van der Waals surface area (Å²) in [7, 11) is 0. The lowest BCUT2D eigenvalue weighted by molar-refractivity contribution is 0.0954. The van der Waals surface area contributed by atoms with Crippen molar-refractivity contribution in [3.05, 3.63) is 34.2 Å². The fourth-order valence-electron chi connectivity index (χ4n) is 0.882. The lowest BCUT2D eigenvalue weighted by atomic mass is 10.3. The van der Waals surface area contributed by atoms with Crippen LogP contribution < -0.4 is 16.6 Å². The lowest BCUT2D eigenvalue weighted by Gasteiger charge is -2.02. The van der Waals surface area contributed by atoms with Crippen LogP contribution >= 0.6 is 0 Å². The van der Waals surface area contributed by atoms with Crippen molar-refractivity contribution in [2.75, 3.05) is 6.54 Å². The average molecular weight is 210 g/mol. The maximum absolute atomic E-state index is 11.3. The molecule has 0 aromatic carbocycles. The van der Waals surface area contributed by atoms with Gasteiger partial charge in [0.05, 0.1) is 6.54 Å². The third-order valence-electron chi connectivity index (χ3n) is 1.57. The van der Waals surface area contributed by atoms with Gasteiger partial charge in [-0.05, 0) is 6.07 Å². The van der Waals surface area contributed by atoms with Gasteiger partial charge in [0.15, 0.2) is 5.84 Å². The summed E-state index contributed by atoms with van der Waals surface area (Å²) in [6.45, 7) is -0.0910. The predicted octanol–water partition coefficient (Wildman–Crippen LogP) is -1.15. The Labute approximate surface area is 84.6 Å². The monoisotopic (exact) mass is 210 g/mol. The van der Waals surface area contributed by atoms with Crippen molar-refractivity contribution in [1.82, 2.24) is 10.3 Å². The minimum absolute atomic E-state index is 0.0910. The van der Waals surface area contributed by atoms with Crippen LogP contribution in [0.3, 0.4) is 0 Å². The Morgan fingerprint density at radius 2 is 2.33 bits per heavy atom. The quantitative estimate of drug-likeness (QED) is 0.218. The van der Waals surface area contributed by atoms with E-state index < -0.39 is 5.91 Å². The van der Waals surface area contributed by atoms with E-state index in [1.165, 1.54) is 18.2 Å². The number of nitrogens with two attached hydrogens (primary N) is 1. The smallest absolute Gasteiger partial charge is 0.268 e. The van der Waals surface area contributed by atoms with Gasteiger partial charge in [-0.25, -0.2) is 0 Å². The van der Waals surface area contributed by atoms with Crippen LogP contribution in [0.5, 0.6) is 0 Å². The molecule has 1 aromatic heterocycles. The number of aromatic amines is 1. The highest BCUT2D eigenvalue weighted by molar-refractivity contribution is 5.95. The van der Waals surface area contributed by atoms with Crippen LogP contribution in [0.2, 0.25) is 0 Å². The van der Waals surface area contributed by atoms with Crippen LogP contribution in [-0.4, -0.2) is 28.5 Å². The second-order valence-corrected chi connectivity index (χ2v) is 2.70. The summed E-state index contributed by atoms with van der Waals surface area (Å²) >= 11 is 0. The van der Waals surface area contributed by atoms with Crippen molar-refractivity contribution in [3.63, 3.8) is 0 Å². The third-order valence-corrected chi connectivity index (χ3v) is 1.57.